The van der Waals surface area contributed by atoms with Crippen LogP contribution in [0, 0.1) is 30.5 Å². The van der Waals surface area contributed by atoms with Crippen molar-refractivity contribution in [1.29, 1.82) is 0 Å². The van der Waals surface area contributed by atoms with Gasteiger partial charge in [-0.1, -0.05) is 29.5 Å². The number of rotatable bonds is 3. The van der Waals surface area contributed by atoms with E-state index in [1.54, 1.807) is 40.7 Å². The number of aliphatic hydroxyl groups excluding tert-OH is 1. The molecule has 2 aliphatic rings. The number of hydrogen-bond acceptors (Lipinski definition) is 4. The zero-order valence-corrected chi connectivity index (χ0v) is 19.5. The van der Waals surface area contributed by atoms with Crippen molar-refractivity contribution < 1.29 is 17.9 Å². The number of benzene rings is 3. The van der Waals surface area contributed by atoms with Gasteiger partial charge in [0.15, 0.2) is 0 Å². The molecule has 2 N–H and O–H groups in total. The number of aryl methyl sites for hydroxylation is 1. The topological polar surface area (TPSA) is 69.6 Å². The number of halogens is 1. The first-order valence-electron chi connectivity index (χ1n) is 11.2. The predicted molar refractivity (Wildman–Crippen MR) is 129 cm³/mol. The Hall–Kier alpha value is -3.18. The van der Waals surface area contributed by atoms with Crippen LogP contribution in [0.1, 0.15) is 34.7 Å². The summed E-state index contributed by atoms with van der Waals surface area (Å²) in [6, 6.07) is 17.9. The lowest BCUT2D eigenvalue weighted by Crippen LogP contribution is -2.42. The molecule has 0 saturated carbocycles. The molecule has 3 atom stereocenters. The smallest absolute Gasteiger partial charge is 0.243 e. The minimum absolute atomic E-state index is 0.0574. The van der Waals surface area contributed by atoms with Gasteiger partial charge in [0.05, 0.1) is 23.6 Å². The Labute approximate surface area is 199 Å². The molecule has 5 nitrogen and oxygen atoms in total. The van der Waals surface area contributed by atoms with E-state index in [4.69, 9.17) is 0 Å². The van der Waals surface area contributed by atoms with Gasteiger partial charge in [-0.05, 0) is 73.5 Å². The molecule has 0 unspecified atom stereocenters. The number of fused-ring (bicyclic) bond motifs is 3. The lowest BCUT2D eigenvalue weighted by molar-refractivity contribution is 0.210. The van der Waals surface area contributed by atoms with E-state index in [0.717, 1.165) is 22.4 Å². The van der Waals surface area contributed by atoms with Crippen molar-refractivity contribution in [2.45, 2.75) is 30.3 Å². The Balaban J connectivity index is 1.54. The van der Waals surface area contributed by atoms with Gasteiger partial charge in [0, 0.05) is 29.3 Å². The molecule has 3 aromatic carbocycles. The highest BCUT2D eigenvalue weighted by molar-refractivity contribution is 7.89. The van der Waals surface area contributed by atoms with E-state index in [9.17, 15) is 17.9 Å². The second-order valence-corrected chi connectivity index (χ2v) is 10.7. The standard InChI is InChI=1S/C27H25FN2O3S/c1-18-2-11-22(12-3-18)34(32,33)30-15-14-23-26(17-31)29-25-13-8-20(16-24(25)27(23)30)5-4-19-6-9-21(28)10-7-19/h2-3,6-13,16,23,26-27,29,31H,14-15,17H2,1H3/t23-,26+,27-/m1/s1. The number of hydrogen-bond donors (Lipinski definition) is 2. The Kier molecular flexibility index (Phi) is 5.90. The van der Waals surface area contributed by atoms with E-state index < -0.39 is 16.1 Å². The second-order valence-electron chi connectivity index (χ2n) is 8.82. The van der Waals surface area contributed by atoms with Crippen LogP contribution in [-0.4, -0.2) is 37.0 Å². The third-order valence-corrected chi connectivity index (χ3v) is 8.54. The molecule has 0 bridgehead atoms. The predicted octanol–water partition coefficient (Wildman–Crippen LogP) is 4.07. The molecule has 1 fully saturated rings. The lowest BCUT2D eigenvalue weighted by Gasteiger charge is -2.38. The van der Waals surface area contributed by atoms with Crippen molar-refractivity contribution in [3.63, 3.8) is 0 Å². The maximum absolute atomic E-state index is 13.6. The van der Waals surface area contributed by atoms with E-state index >= 15 is 0 Å². The molecule has 3 aromatic rings. The van der Waals surface area contributed by atoms with Crippen LogP contribution >= 0.6 is 0 Å². The summed E-state index contributed by atoms with van der Waals surface area (Å²) in [4.78, 5) is 0.270. The Bertz CT molecular complexity index is 1380. The Morgan fingerprint density at radius 2 is 1.71 bits per heavy atom. The van der Waals surface area contributed by atoms with Crippen molar-refractivity contribution in [2.24, 2.45) is 5.92 Å². The van der Waals surface area contributed by atoms with Gasteiger partial charge in [-0.15, -0.1) is 0 Å². The van der Waals surface area contributed by atoms with Gasteiger partial charge < -0.3 is 10.4 Å². The average molecular weight is 477 g/mol. The first kappa shape index (κ1) is 22.6. The van der Waals surface area contributed by atoms with E-state index in [-0.39, 0.29) is 29.3 Å². The van der Waals surface area contributed by atoms with Crippen LogP contribution in [-0.2, 0) is 10.0 Å². The molecule has 174 valence electrons. The summed E-state index contributed by atoms with van der Waals surface area (Å²) < 4.78 is 42.0. The van der Waals surface area contributed by atoms with E-state index in [1.807, 2.05) is 25.1 Å². The SMILES string of the molecule is Cc1ccc(S(=O)(=O)N2CC[C@@H]3[C@H](CO)Nc4ccc(C#Cc5ccc(F)cc5)cc4[C@@H]32)cc1. The highest BCUT2D eigenvalue weighted by Gasteiger charge is 2.48. The maximum Gasteiger partial charge on any atom is 0.243 e. The molecule has 7 heteroatoms. The van der Waals surface area contributed by atoms with Crippen LogP contribution in [0.15, 0.2) is 71.6 Å². The number of anilines is 1. The van der Waals surface area contributed by atoms with Gasteiger partial charge >= 0.3 is 0 Å². The molecular formula is C27H25FN2O3S. The molecule has 2 aliphatic heterocycles. The molecule has 0 spiro atoms. The minimum atomic E-state index is -3.72. The normalized spacial score (nSPS) is 21.7. The van der Waals surface area contributed by atoms with E-state index in [2.05, 4.69) is 17.2 Å². The summed E-state index contributed by atoms with van der Waals surface area (Å²) in [6.45, 7) is 2.23. The number of nitrogens with zero attached hydrogens (tertiary/aromatic N) is 1. The second kappa shape index (κ2) is 8.88. The highest BCUT2D eigenvalue weighted by Crippen LogP contribution is 2.48. The first-order valence-corrected chi connectivity index (χ1v) is 12.7. The summed E-state index contributed by atoms with van der Waals surface area (Å²) in [5.41, 5.74) is 4.09. The molecule has 1 saturated heterocycles. The van der Waals surface area contributed by atoms with Crippen LogP contribution in [0.4, 0.5) is 10.1 Å². The fourth-order valence-corrected chi connectivity index (χ4v) is 6.56. The molecule has 5 rings (SSSR count). The summed E-state index contributed by atoms with van der Waals surface area (Å²) in [5, 5.41) is 13.4. The third kappa shape index (κ3) is 4.09. The zero-order valence-electron chi connectivity index (χ0n) is 18.7. The zero-order chi connectivity index (χ0) is 23.9. The van der Waals surface area contributed by atoms with Crippen molar-refractivity contribution in [2.75, 3.05) is 18.5 Å². The summed E-state index contributed by atoms with van der Waals surface area (Å²) in [7, 11) is -3.72. The summed E-state index contributed by atoms with van der Waals surface area (Å²) >= 11 is 0. The maximum atomic E-state index is 13.6. The van der Waals surface area contributed by atoms with Crippen molar-refractivity contribution in [1.82, 2.24) is 4.31 Å². The van der Waals surface area contributed by atoms with Crippen molar-refractivity contribution in [3.05, 3.63) is 94.8 Å². The van der Waals surface area contributed by atoms with Gasteiger partial charge in [0.1, 0.15) is 5.82 Å². The lowest BCUT2D eigenvalue weighted by atomic mass is 9.83. The molecule has 2 heterocycles. The van der Waals surface area contributed by atoms with Gasteiger partial charge in [-0.3, -0.25) is 0 Å². The van der Waals surface area contributed by atoms with Gasteiger partial charge in [-0.25, -0.2) is 12.8 Å². The van der Waals surface area contributed by atoms with Crippen LogP contribution in [0.2, 0.25) is 0 Å². The van der Waals surface area contributed by atoms with Crippen molar-refractivity contribution in [3.8, 4) is 11.8 Å². The van der Waals surface area contributed by atoms with Gasteiger partial charge in [0.2, 0.25) is 10.0 Å². The van der Waals surface area contributed by atoms with Gasteiger partial charge in [-0.2, -0.15) is 4.31 Å². The highest BCUT2D eigenvalue weighted by atomic mass is 32.2. The molecule has 0 aromatic heterocycles. The Morgan fingerprint density at radius 1 is 1.03 bits per heavy atom. The Morgan fingerprint density at radius 3 is 2.41 bits per heavy atom. The quantitative estimate of drug-likeness (QED) is 0.559. The van der Waals surface area contributed by atoms with Crippen LogP contribution in [0.5, 0.6) is 0 Å². The van der Waals surface area contributed by atoms with E-state index in [1.165, 1.54) is 12.1 Å². The third-order valence-electron chi connectivity index (χ3n) is 6.65. The van der Waals surface area contributed by atoms with Crippen LogP contribution in [0.3, 0.4) is 0 Å². The van der Waals surface area contributed by atoms with Crippen molar-refractivity contribution >= 4 is 15.7 Å². The summed E-state index contributed by atoms with van der Waals surface area (Å²) in [5.74, 6) is 5.78. The monoisotopic (exact) mass is 476 g/mol. The fourth-order valence-electron chi connectivity index (χ4n) is 4.89. The van der Waals surface area contributed by atoms with E-state index in [0.29, 0.717) is 18.5 Å². The number of aliphatic hydroxyl groups is 1. The molecule has 34 heavy (non-hydrogen) atoms. The summed E-state index contributed by atoms with van der Waals surface area (Å²) in [6.07, 6.45) is 0.652. The molecule has 0 aliphatic carbocycles. The largest absolute Gasteiger partial charge is 0.394 e. The van der Waals surface area contributed by atoms with Gasteiger partial charge in [0.25, 0.3) is 0 Å². The molecule has 0 amide bonds. The average Bonchev–Trinajstić information content (AvgIpc) is 3.30. The molecule has 0 radical (unpaired) electrons. The number of sulfonamides is 1. The first-order chi connectivity index (χ1) is 16.4. The molecular weight excluding hydrogens is 451 g/mol. The van der Waals surface area contributed by atoms with Crippen LogP contribution in [0.25, 0.3) is 0 Å². The fraction of sp³-hybridized carbons (Fsp3) is 0.259. The number of nitrogens with one attached hydrogen (secondary N) is 1. The van der Waals surface area contributed by atoms with Crippen LogP contribution < -0.4 is 5.32 Å². The minimum Gasteiger partial charge on any atom is -0.394 e.